The molecule has 2 aliphatic heterocycles. The van der Waals surface area contributed by atoms with Crippen molar-refractivity contribution in [2.24, 2.45) is 0 Å². The van der Waals surface area contributed by atoms with Crippen LogP contribution in [0.15, 0.2) is 0 Å². The van der Waals surface area contributed by atoms with Gasteiger partial charge in [0, 0.05) is 6.04 Å². The molecule has 0 radical (unpaired) electrons. The molecule has 4 nitrogen and oxygen atoms in total. The maximum atomic E-state index is 11.0. The summed E-state index contributed by atoms with van der Waals surface area (Å²) >= 11 is 0. The summed E-state index contributed by atoms with van der Waals surface area (Å²) in [6, 6.07) is 0.0812. The maximum absolute atomic E-state index is 11.0. The van der Waals surface area contributed by atoms with Crippen molar-refractivity contribution in [1.82, 2.24) is 4.90 Å². The van der Waals surface area contributed by atoms with E-state index in [0.717, 1.165) is 25.9 Å². The highest BCUT2D eigenvalue weighted by Crippen LogP contribution is 2.27. The van der Waals surface area contributed by atoms with E-state index in [4.69, 9.17) is 9.84 Å². The molecule has 2 saturated heterocycles. The highest BCUT2D eigenvalue weighted by atomic mass is 16.5. The highest BCUT2D eigenvalue weighted by Gasteiger charge is 2.35. The molecule has 3 atom stereocenters. The van der Waals surface area contributed by atoms with Gasteiger partial charge in [-0.25, -0.2) is 0 Å². The molecule has 3 unspecified atom stereocenters. The number of likely N-dealkylation sites (tertiary alicyclic amines) is 1. The molecule has 2 fully saturated rings. The summed E-state index contributed by atoms with van der Waals surface area (Å²) in [6.07, 6.45) is 6.37. The molecule has 0 amide bonds. The lowest BCUT2D eigenvalue weighted by molar-refractivity contribution is -0.140. The fourth-order valence-electron chi connectivity index (χ4n) is 3.04. The van der Waals surface area contributed by atoms with Crippen molar-refractivity contribution in [1.29, 1.82) is 0 Å². The van der Waals surface area contributed by atoms with E-state index >= 15 is 0 Å². The van der Waals surface area contributed by atoms with Crippen molar-refractivity contribution in [2.45, 2.75) is 63.7 Å². The predicted octanol–water partition coefficient (Wildman–Crippen LogP) is 1.88. The summed E-state index contributed by atoms with van der Waals surface area (Å²) in [5.41, 5.74) is 0. The predicted molar refractivity (Wildman–Crippen MR) is 65.0 cm³/mol. The Bertz CT molecular complexity index is 259. The first kappa shape index (κ1) is 12.8. The van der Waals surface area contributed by atoms with Crippen LogP contribution in [0.1, 0.15) is 45.4 Å². The van der Waals surface area contributed by atoms with Gasteiger partial charge in [0.05, 0.1) is 18.6 Å². The first-order chi connectivity index (χ1) is 8.16. The Balaban J connectivity index is 1.98. The molecule has 0 aliphatic carbocycles. The Morgan fingerprint density at radius 1 is 1.35 bits per heavy atom. The number of nitrogens with zero attached hydrogens (tertiary/aromatic N) is 1. The largest absolute Gasteiger partial charge is 0.481 e. The molecule has 1 N–H and O–H groups in total. The van der Waals surface area contributed by atoms with Gasteiger partial charge < -0.3 is 9.84 Å². The summed E-state index contributed by atoms with van der Waals surface area (Å²) in [4.78, 5) is 13.3. The Hall–Kier alpha value is -0.610. The molecule has 0 bridgehead atoms. The fraction of sp³-hybridized carbons (Fsp3) is 0.923. The summed E-state index contributed by atoms with van der Waals surface area (Å²) in [6.45, 7) is 4.15. The third-order valence-corrected chi connectivity index (χ3v) is 3.94. The molecule has 0 aromatic carbocycles. The van der Waals surface area contributed by atoms with Gasteiger partial charge in [-0.3, -0.25) is 9.69 Å². The van der Waals surface area contributed by atoms with Crippen LogP contribution < -0.4 is 0 Å². The van der Waals surface area contributed by atoms with Gasteiger partial charge in [-0.1, -0.05) is 6.42 Å². The van der Waals surface area contributed by atoms with Gasteiger partial charge in [0.25, 0.3) is 0 Å². The van der Waals surface area contributed by atoms with E-state index in [9.17, 15) is 4.79 Å². The average molecular weight is 241 g/mol. The van der Waals surface area contributed by atoms with E-state index < -0.39 is 5.97 Å². The molecule has 2 rings (SSSR count). The lowest BCUT2D eigenvalue weighted by Crippen LogP contribution is -2.47. The van der Waals surface area contributed by atoms with Crippen LogP contribution >= 0.6 is 0 Å². The molecule has 98 valence electrons. The summed E-state index contributed by atoms with van der Waals surface area (Å²) in [7, 11) is 0. The SMILES string of the molecule is CC1CCC(C(CC(=O)O)N2CCCCC2)O1. The lowest BCUT2D eigenvalue weighted by atomic mass is 9.99. The van der Waals surface area contributed by atoms with Gasteiger partial charge >= 0.3 is 5.97 Å². The number of ether oxygens (including phenoxy) is 1. The first-order valence-corrected chi connectivity index (χ1v) is 6.78. The van der Waals surface area contributed by atoms with E-state index in [1.165, 1.54) is 19.3 Å². The van der Waals surface area contributed by atoms with Crippen LogP contribution in [-0.2, 0) is 9.53 Å². The minimum absolute atomic E-state index is 0.0812. The number of piperidine rings is 1. The van der Waals surface area contributed by atoms with Crippen molar-refractivity contribution >= 4 is 5.97 Å². The van der Waals surface area contributed by atoms with Crippen LogP contribution in [-0.4, -0.2) is 47.3 Å². The monoisotopic (exact) mass is 241 g/mol. The number of carbonyl (C=O) groups is 1. The molecular weight excluding hydrogens is 218 g/mol. The van der Waals surface area contributed by atoms with Crippen molar-refractivity contribution in [3.63, 3.8) is 0 Å². The molecule has 4 heteroatoms. The number of carboxylic acids is 1. The van der Waals surface area contributed by atoms with E-state index in [-0.39, 0.29) is 18.6 Å². The topological polar surface area (TPSA) is 49.8 Å². The Morgan fingerprint density at radius 2 is 2.06 bits per heavy atom. The quantitative estimate of drug-likeness (QED) is 0.816. The lowest BCUT2D eigenvalue weighted by Gasteiger charge is -2.36. The zero-order chi connectivity index (χ0) is 12.3. The van der Waals surface area contributed by atoms with Gasteiger partial charge in [0.15, 0.2) is 0 Å². The molecule has 2 aliphatic rings. The molecule has 0 saturated carbocycles. The Kier molecular flexibility index (Phi) is 4.40. The zero-order valence-electron chi connectivity index (χ0n) is 10.6. The van der Waals surface area contributed by atoms with E-state index in [0.29, 0.717) is 6.10 Å². The molecule has 0 spiro atoms. The second kappa shape index (κ2) is 5.83. The normalized spacial score (nSPS) is 32.5. The summed E-state index contributed by atoms with van der Waals surface area (Å²) < 4.78 is 5.87. The van der Waals surface area contributed by atoms with Crippen LogP contribution in [0, 0.1) is 0 Å². The molecular formula is C13H23NO3. The number of rotatable bonds is 4. The number of carboxylic acid groups (broad SMARTS) is 1. The third-order valence-electron chi connectivity index (χ3n) is 3.94. The summed E-state index contributed by atoms with van der Waals surface area (Å²) in [5, 5.41) is 9.06. The third kappa shape index (κ3) is 3.42. The Morgan fingerprint density at radius 3 is 2.59 bits per heavy atom. The highest BCUT2D eigenvalue weighted by molar-refractivity contribution is 5.67. The maximum Gasteiger partial charge on any atom is 0.305 e. The van der Waals surface area contributed by atoms with Gasteiger partial charge in [-0.2, -0.15) is 0 Å². The van der Waals surface area contributed by atoms with Crippen LogP contribution in [0.2, 0.25) is 0 Å². The van der Waals surface area contributed by atoms with Gasteiger partial charge in [-0.05, 0) is 45.7 Å². The molecule has 0 aromatic rings. The van der Waals surface area contributed by atoms with Crippen LogP contribution in [0.25, 0.3) is 0 Å². The molecule has 2 heterocycles. The first-order valence-electron chi connectivity index (χ1n) is 6.78. The van der Waals surface area contributed by atoms with Gasteiger partial charge in [0.2, 0.25) is 0 Å². The number of hydrogen-bond donors (Lipinski definition) is 1. The van der Waals surface area contributed by atoms with Gasteiger partial charge in [0.1, 0.15) is 0 Å². The van der Waals surface area contributed by atoms with Crippen molar-refractivity contribution < 1.29 is 14.6 Å². The van der Waals surface area contributed by atoms with Crippen molar-refractivity contribution in [2.75, 3.05) is 13.1 Å². The standard InChI is InChI=1S/C13H23NO3/c1-10-5-6-12(17-10)11(9-13(15)16)14-7-3-2-4-8-14/h10-12H,2-9H2,1H3,(H,15,16). The average Bonchev–Trinajstić information content (AvgIpc) is 2.73. The smallest absolute Gasteiger partial charge is 0.305 e. The molecule has 17 heavy (non-hydrogen) atoms. The van der Waals surface area contributed by atoms with Crippen molar-refractivity contribution in [3.05, 3.63) is 0 Å². The van der Waals surface area contributed by atoms with Crippen LogP contribution in [0.3, 0.4) is 0 Å². The second-order valence-corrected chi connectivity index (χ2v) is 5.32. The Labute approximate surface area is 103 Å². The second-order valence-electron chi connectivity index (χ2n) is 5.32. The summed E-state index contributed by atoms with van der Waals surface area (Å²) in [5.74, 6) is -0.705. The van der Waals surface area contributed by atoms with E-state index in [2.05, 4.69) is 11.8 Å². The fourth-order valence-corrected chi connectivity index (χ4v) is 3.04. The number of aliphatic carboxylic acids is 1. The van der Waals surface area contributed by atoms with E-state index in [1.807, 2.05) is 0 Å². The van der Waals surface area contributed by atoms with Crippen LogP contribution in [0.5, 0.6) is 0 Å². The zero-order valence-corrected chi connectivity index (χ0v) is 10.6. The molecule has 0 aromatic heterocycles. The van der Waals surface area contributed by atoms with Crippen molar-refractivity contribution in [3.8, 4) is 0 Å². The number of hydrogen-bond acceptors (Lipinski definition) is 3. The van der Waals surface area contributed by atoms with Crippen LogP contribution in [0.4, 0.5) is 0 Å². The van der Waals surface area contributed by atoms with Gasteiger partial charge in [-0.15, -0.1) is 0 Å². The minimum atomic E-state index is -0.705. The minimum Gasteiger partial charge on any atom is -0.481 e. The van der Waals surface area contributed by atoms with E-state index in [1.54, 1.807) is 0 Å².